The fourth-order valence-corrected chi connectivity index (χ4v) is 1.47. The molecule has 0 saturated carbocycles. The van der Waals surface area contributed by atoms with Crippen LogP contribution in [-0.4, -0.2) is 30.1 Å². The van der Waals surface area contributed by atoms with Gasteiger partial charge in [0.2, 0.25) is 5.91 Å². The topological polar surface area (TPSA) is 92.4 Å². The molecule has 0 spiro atoms. The molecule has 0 heterocycles. The first kappa shape index (κ1) is 13.2. The lowest BCUT2D eigenvalue weighted by Crippen LogP contribution is -2.32. The minimum atomic E-state index is -0.954. The molecule has 0 radical (unpaired) electrons. The molecule has 0 saturated heterocycles. The first-order valence-corrected chi connectivity index (χ1v) is 5.39. The number of nitrogens with two attached hydrogens (primary N) is 1. The molecular formula is C12H16N2O3. The molecule has 0 fully saturated rings. The van der Waals surface area contributed by atoms with Crippen LogP contribution >= 0.6 is 0 Å². The van der Waals surface area contributed by atoms with Crippen molar-refractivity contribution in [2.45, 2.75) is 12.3 Å². The SMILES string of the molecule is NCCC(=O)NCC(C(=O)O)c1ccccc1. The predicted molar refractivity (Wildman–Crippen MR) is 63.5 cm³/mol. The Labute approximate surface area is 99.6 Å². The van der Waals surface area contributed by atoms with Gasteiger partial charge in [-0.05, 0) is 5.56 Å². The molecule has 0 aliphatic carbocycles. The quantitative estimate of drug-likeness (QED) is 0.663. The Morgan fingerprint density at radius 3 is 2.47 bits per heavy atom. The zero-order valence-corrected chi connectivity index (χ0v) is 9.43. The molecule has 0 aliphatic rings. The molecule has 5 nitrogen and oxygen atoms in total. The van der Waals surface area contributed by atoms with Crippen molar-refractivity contribution in [1.82, 2.24) is 5.32 Å². The van der Waals surface area contributed by atoms with Crippen LogP contribution in [-0.2, 0) is 9.59 Å². The minimum Gasteiger partial charge on any atom is -0.481 e. The number of rotatable bonds is 6. The molecule has 1 aromatic carbocycles. The molecule has 92 valence electrons. The van der Waals surface area contributed by atoms with Crippen LogP contribution < -0.4 is 11.1 Å². The molecule has 4 N–H and O–H groups in total. The van der Waals surface area contributed by atoms with Crippen molar-refractivity contribution < 1.29 is 14.7 Å². The largest absolute Gasteiger partial charge is 0.481 e. The summed E-state index contributed by atoms with van der Waals surface area (Å²) in [5, 5.41) is 11.7. The lowest BCUT2D eigenvalue weighted by Gasteiger charge is -2.13. The number of benzene rings is 1. The summed E-state index contributed by atoms with van der Waals surface area (Å²) in [5.74, 6) is -1.91. The summed E-state index contributed by atoms with van der Waals surface area (Å²) >= 11 is 0. The van der Waals surface area contributed by atoms with Crippen molar-refractivity contribution in [2.75, 3.05) is 13.1 Å². The molecule has 5 heteroatoms. The number of carbonyl (C=O) groups excluding carboxylic acids is 1. The van der Waals surface area contributed by atoms with E-state index in [0.29, 0.717) is 5.56 Å². The third-order valence-corrected chi connectivity index (χ3v) is 2.37. The summed E-state index contributed by atoms with van der Waals surface area (Å²) < 4.78 is 0. The minimum absolute atomic E-state index is 0.0815. The number of aliphatic carboxylic acids is 1. The van der Waals surface area contributed by atoms with Gasteiger partial charge in [-0.15, -0.1) is 0 Å². The lowest BCUT2D eigenvalue weighted by atomic mass is 9.99. The van der Waals surface area contributed by atoms with Crippen molar-refractivity contribution in [3.8, 4) is 0 Å². The second-order valence-corrected chi connectivity index (χ2v) is 3.64. The lowest BCUT2D eigenvalue weighted by molar-refractivity contribution is -0.138. The molecule has 1 amide bonds. The van der Waals surface area contributed by atoms with Gasteiger partial charge in [0.1, 0.15) is 0 Å². The number of nitrogens with one attached hydrogen (secondary N) is 1. The Hall–Kier alpha value is -1.88. The van der Waals surface area contributed by atoms with E-state index in [4.69, 9.17) is 10.8 Å². The van der Waals surface area contributed by atoms with Gasteiger partial charge in [0.15, 0.2) is 0 Å². The molecule has 1 aromatic rings. The third kappa shape index (κ3) is 4.24. The average Bonchev–Trinajstić information content (AvgIpc) is 2.30. The van der Waals surface area contributed by atoms with Gasteiger partial charge in [-0.25, -0.2) is 0 Å². The predicted octanol–water partition coefficient (Wildman–Crippen LogP) is 0.320. The van der Waals surface area contributed by atoms with E-state index in [1.54, 1.807) is 24.3 Å². The van der Waals surface area contributed by atoms with Gasteiger partial charge in [0.05, 0.1) is 5.92 Å². The van der Waals surface area contributed by atoms with Crippen molar-refractivity contribution in [2.24, 2.45) is 5.73 Å². The zero-order valence-electron chi connectivity index (χ0n) is 9.43. The standard InChI is InChI=1S/C12H16N2O3/c13-7-6-11(15)14-8-10(12(16)17)9-4-2-1-3-5-9/h1-5,10H,6-8,13H2,(H,14,15)(H,16,17). The fourth-order valence-electron chi connectivity index (χ4n) is 1.47. The normalized spacial score (nSPS) is 11.8. The summed E-state index contributed by atoms with van der Waals surface area (Å²) in [6.45, 7) is 0.340. The van der Waals surface area contributed by atoms with Gasteiger partial charge in [-0.2, -0.15) is 0 Å². The molecule has 0 aromatic heterocycles. The molecule has 0 bridgehead atoms. The van der Waals surface area contributed by atoms with Crippen LogP contribution in [0, 0.1) is 0 Å². The number of carboxylic acids is 1. The molecule has 17 heavy (non-hydrogen) atoms. The summed E-state index contributed by atoms with van der Waals surface area (Å²) in [5.41, 5.74) is 5.90. The Balaban J connectivity index is 2.62. The highest BCUT2D eigenvalue weighted by Gasteiger charge is 2.19. The number of hydrogen-bond acceptors (Lipinski definition) is 3. The highest BCUT2D eigenvalue weighted by atomic mass is 16.4. The Kier molecular flexibility index (Phi) is 5.16. The maximum absolute atomic E-state index is 11.2. The Morgan fingerprint density at radius 1 is 1.29 bits per heavy atom. The van der Waals surface area contributed by atoms with E-state index < -0.39 is 11.9 Å². The van der Waals surface area contributed by atoms with Crippen LogP contribution in [0.5, 0.6) is 0 Å². The number of carbonyl (C=O) groups is 2. The van der Waals surface area contributed by atoms with E-state index in [1.807, 2.05) is 6.07 Å². The van der Waals surface area contributed by atoms with Crippen LogP contribution in [0.4, 0.5) is 0 Å². The number of amides is 1. The smallest absolute Gasteiger partial charge is 0.312 e. The maximum Gasteiger partial charge on any atom is 0.312 e. The monoisotopic (exact) mass is 236 g/mol. The van der Waals surface area contributed by atoms with Crippen molar-refractivity contribution in [3.05, 3.63) is 35.9 Å². The van der Waals surface area contributed by atoms with Crippen LogP contribution in [0.2, 0.25) is 0 Å². The van der Waals surface area contributed by atoms with E-state index in [-0.39, 0.29) is 25.4 Å². The van der Waals surface area contributed by atoms with Crippen molar-refractivity contribution in [3.63, 3.8) is 0 Å². The maximum atomic E-state index is 11.2. The van der Waals surface area contributed by atoms with Crippen LogP contribution in [0.15, 0.2) is 30.3 Å². The third-order valence-electron chi connectivity index (χ3n) is 2.37. The fraction of sp³-hybridized carbons (Fsp3) is 0.333. The summed E-state index contributed by atoms with van der Waals surface area (Å²) in [6.07, 6.45) is 0.209. The molecular weight excluding hydrogens is 220 g/mol. The zero-order chi connectivity index (χ0) is 12.7. The first-order valence-electron chi connectivity index (χ1n) is 5.39. The van der Waals surface area contributed by atoms with Gasteiger partial charge in [0, 0.05) is 19.5 Å². The first-order chi connectivity index (χ1) is 8.15. The van der Waals surface area contributed by atoms with Crippen molar-refractivity contribution >= 4 is 11.9 Å². The van der Waals surface area contributed by atoms with Crippen LogP contribution in [0.1, 0.15) is 17.9 Å². The number of carboxylic acid groups (broad SMARTS) is 1. The van der Waals surface area contributed by atoms with Crippen LogP contribution in [0.3, 0.4) is 0 Å². The Bertz CT molecular complexity index is 379. The van der Waals surface area contributed by atoms with E-state index >= 15 is 0 Å². The van der Waals surface area contributed by atoms with Crippen molar-refractivity contribution in [1.29, 1.82) is 0 Å². The summed E-state index contributed by atoms with van der Waals surface area (Å²) in [7, 11) is 0. The van der Waals surface area contributed by atoms with Gasteiger partial charge >= 0.3 is 5.97 Å². The van der Waals surface area contributed by atoms with E-state index in [1.165, 1.54) is 0 Å². The average molecular weight is 236 g/mol. The molecule has 1 rings (SSSR count). The van der Waals surface area contributed by atoms with Gasteiger partial charge in [-0.1, -0.05) is 30.3 Å². The van der Waals surface area contributed by atoms with E-state index in [2.05, 4.69) is 5.32 Å². The highest BCUT2D eigenvalue weighted by molar-refractivity contribution is 5.79. The molecule has 1 unspecified atom stereocenters. The van der Waals surface area contributed by atoms with E-state index in [0.717, 1.165) is 0 Å². The molecule has 1 atom stereocenters. The van der Waals surface area contributed by atoms with Gasteiger partial charge in [0.25, 0.3) is 0 Å². The van der Waals surface area contributed by atoms with Gasteiger partial charge in [-0.3, -0.25) is 9.59 Å². The Morgan fingerprint density at radius 2 is 1.94 bits per heavy atom. The van der Waals surface area contributed by atoms with Gasteiger partial charge < -0.3 is 16.2 Å². The molecule has 0 aliphatic heterocycles. The highest BCUT2D eigenvalue weighted by Crippen LogP contribution is 2.14. The van der Waals surface area contributed by atoms with E-state index in [9.17, 15) is 9.59 Å². The second-order valence-electron chi connectivity index (χ2n) is 3.64. The second kappa shape index (κ2) is 6.65. The van der Waals surface area contributed by atoms with Crippen LogP contribution in [0.25, 0.3) is 0 Å². The summed E-state index contributed by atoms with van der Waals surface area (Å²) in [6, 6.07) is 8.82. The summed E-state index contributed by atoms with van der Waals surface area (Å²) in [4.78, 5) is 22.3. The number of hydrogen-bond donors (Lipinski definition) is 3.